The maximum atomic E-state index is 12.4. The number of nitrogen functional groups attached to an aromatic ring is 1. The molecule has 2 aromatic heterocycles. The number of aryl methyl sites for hydroxylation is 1. The van der Waals surface area contributed by atoms with E-state index in [1.165, 1.54) is 6.20 Å². The van der Waals surface area contributed by atoms with Crippen LogP contribution in [0.5, 0.6) is 0 Å². The SMILES string of the molecule is Cc1cc(N)cnc1NC(=O)c1nccc2ccccc12. The van der Waals surface area contributed by atoms with Crippen LogP contribution in [-0.4, -0.2) is 15.9 Å². The smallest absolute Gasteiger partial charge is 0.276 e. The van der Waals surface area contributed by atoms with E-state index in [0.717, 1.165) is 16.3 Å². The van der Waals surface area contributed by atoms with E-state index < -0.39 is 0 Å². The molecule has 0 aliphatic rings. The summed E-state index contributed by atoms with van der Waals surface area (Å²) in [4.78, 5) is 20.7. The molecule has 0 fully saturated rings. The molecule has 3 rings (SSSR count). The number of rotatable bonds is 2. The summed E-state index contributed by atoms with van der Waals surface area (Å²) in [5, 5.41) is 4.56. The van der Waals surface area contributed by atoms with Crippen LogP contribution < -0.4 is 11.1 Å². The summed E-state index contributed by atoms with van der Waals surface area (Å²) >= 11 is 0. The number of carbonyl (C=O) groups excluding carboxylic acids is 1. The maximum absolute atomic E-state index is 12.4. The van der Waals surface area contributed by atoms with Crippen molar-refractivity contribution in [2.45, 2.75) is 6.92 Å². The Hall–Kier alpha value is -2.95. The van der Waals surface area contributed by atoms with Gasteiger partial charge in [-0.05, 0) is 30.0 Å². The van der Waals surface area contributed by atoms with Crippen molar-refractivity contribution in [3.63, 3.8) is 0 Å². The molecule has 104 valence electrons. The highest BCUT2D eigenvalue weighted by atomic mass is 16.1. The molecule has 0 aliphatic heterocycles. The van der Waals surface area contributed by atoms with E-state index >= 15 is 0 Å². The average Bonchev–Trinajstić information content (AvgIpc) is 2.49. The van der Waals surface area contributed by atoms with E-state index in [1.54, 1.807) is 12.3 Å². The Kier molecular flexibility index (Phi) is 3.23. The van der Waals surface area contributed by atoms with Gasteiger partial charge in [-0.25, -0.2) is 4.98 Å². The molecule has 1 aromatic carbocycles. The van der Waals surface area contributed by atoms with Crippen molar-refractivity contribution in [3.8, 4) is 0 Å². The van der Waals surface area contributed by atoms with Crippen molar-refractivity contribution in [3.05, 3.63) is 60.0 Å². The van der Waals surface area contributed by atoms with Gasteiger partial charge in [-0.3, -0.25) is 9.78 Å². The average molecular weight is 278 g/mol. The van der Waals surface area contributed by atoms with E-state index in [1.807, 2.05) is 37.3 Å². The van der Waals surface area contributed by atoms with Crippen molar-refractivity contribution in [1.29, 1.82) is 0 Å². The van der Waals surface area contributed by atoms with Gasteiger partial charge in [-0.2, -0.15) is 0 Å². The summed E-state index contributed by atoms with van der Waals surface area (Å²) in [5.41, 5.74) is 7.41. The highest BCUT2D eigenvalue weighted by Gasteiger charge is 2.13. The summed E-state index contributed by atoms with van der Waals surface area (Å²) in [6.07, 6.45) is 3.14. The van der Waals surface area contributed by atoms with Gasteiger partial charge in [0.15, 0.2) is 0 Å². The molecule has 1 amide bonds. The summed E-state index contributed by atoms with van der Waals surface area (Å²) in [6, 6.07) is 11.3. The van der Waals surface area contributed by atoms with Crippen LogP contribution in [0, 0.1) is 6.92 Å². The lowest BCUT2D eigenvalue weighted by atomic mass is 10.1. The van der Waals surface area contributed by atoms with Gasteiger partial charge in [0, 0.05) is 11.6 Å². The van der Waals surface area contributed by atoms with Crippen LogP contribution in [0.25, 0.3) is 10.8 Å². The highest BCUT2D eigenvalue weighted by molar-refractivity contribution is 6.11. The zero-order valence-electron chi connectivity index (χ0n) is 11.5. The fourth-order valence-electron chi connectivity index (χ4n) is 2.19. The van der Waals surface area contributed by atoms with Gasteiger partial charge < -0.3 is 11.1 Å². The zero-order valence-corrected chi connectivity index (χ0v) is 11.5. The van der Waals surface area contributed by atoms with E-state index in [4.69, 9.17) is 5.73 Å². The molecule has 0 saturated carbocycles. The van der Waals surface area contributed by atoms with Gasteiger partial charge in [0.25, 0.3) is 5.91 Å². The summed E-state index contributed by atoms with van der Waals surface area (Å²) in [6.45, 7) is 1.84. The Morgan fingerprint density at radius 3 is 2.81 bits per heavy atom. The Morgan fingerprint density at radius 2 is 2.00 bits per heavy atom. The van der Waals surface area contributed by atoms with Crippen LogP contribution in [0.1, 0.15) is 16.1 Å². The van der Waals surface area contributed by atoms with Crippen LogP contribution in [-0.2, 0) is 0 Å². The fraction of sp³-hybridized carbons (Fsp3) is 0.0625. The van der Waals surface area contributed by atoms with Crippen LogP contribution in [0.3, 0.4) is 0 Å². The van der Waals surface area contributed by atoms with E-state index in [2.05, 4.69) is 15.3 Å². The van der Waals surface area contributed by atoms with E-state index in [9.17, 15) is 4.79 Å². The van der Waals surface area contributed by atoms with Crippen LogP contribution in [0.2, 0.25) is 0 Å². The second-order valence-electron chi connectivity index (χ2n) is 4.77. The zero-order chi connectivity index (χ0) is 14.8. The van der Waals surface area contributed by atoms with Gasteiger partial charge in [0.1, 0.15) is 11.5 Å². The number of pyridine rings is 2. The molecular weight excluding hydrogens is 264 g/mol. The van der Waals surface area contributed by atoms with Crippen LogP contribution >= 0.6 is 0 Å². The molecule has 0 atom stereocenters. The van der Waals surface area contributed by atoms with Crippen LogP contribution in [0.4, 0.5) is 11.5 Å². The molecular formula is C16H14N4O. The molecule has 3 N–H and O–H groups in total. The minimum atomic E-state index is -0.285. The van der Waals surface area contributed by atoms with Gasteiger partial charge in [0.05, 0.1) is 11.9 Å². The number of benzene rings is 1. The topological polar surface area (TPSA) is 80.9 Å². The maximum Gasteiger partial charge on any atom is 0.276 e. The quantitative estimate of drug-likeness (QED) is 0.755. The molecule has 5 nitrogen and oxygen atoms in total. The Morgan fingerprint density at radius 1 is 1.19 bits per heavy atom. The second kappa shape index (κ2) is 5.20. The van der Waals surface area contributed by atoms with Crippen molar-refractivity contribution in [2.24, 2.45) is 0 Å². The third-order valence-corrected chi connectivity index (χ3v) is 3.22. The number of fused-ring (bicyclic) bond motifs is 1. The first-order valence-electron chi connectivity index (χ1n) is 6.52. The standard InChI is InChI=1S/C16H14N4O/c1-10-8-12(17)9-19-15(10)20-16(21)14-13-5-3-2-4-11(13)6-7-18-14/h2-9H,17H2,1H3,(H,19,20,21). The molecule has 2 heterocycles. The first-order chi connectivity index (χ1) is 10.1. The Labute approximate surface area is 121 Å². The molecule has 5 heteroatoms. The summed E-state index contributed by atoms with van der Waals surface area (Å²) in [5.74, 6) is 0.205. The number of amides is 1. The van der Waals surface area contributed by atoms with Crippen LogP contribution in [0.15, 0.2) is 48.8 Å². The lowest BCUT2D eigenvalue weighted by molar-refractivity contribution is 0.102. The molecule has 0 spiro atoms. The largest absolute Gasteiger partial charge is 0.397 e. The molecule has 21 heavy (non-hydrogen) atoms. The van der Waals surface area contributed by atoms with Crippen molar-refractivity contribution in [2.75, 3.05) is 11.1 Å². The number of carbonyl (C=O) groups is 1. The van der Waals surface area contributed by atoms with Gasteiger partial charge >= 0.3 is 0 Å². The number of nitrogens with one attached hydrogen (secondary N) is 1. The molecule has 0 unspecified atom stereocenters. The number of anilines is 2. The minimum absolute atomic E-state index is 0.285. The van der Waals surface area contributed by atoms with Gasteiger partial charge in [0.2, 0.25) is 0 Å². The summed E-state index contributed by atoms with van der Waals surface area (Å²) in [7, 11) is 0. The predicted octanol–water partition coefficient (Wildman–Crippen LogP) is 2.77. The van der Waals surface area contributed by atoms with Crippen molar-refractivity contribution < 1.29 is 4.79 Å². The van der Waals surface area contributed by atoms with Gasteiger partial charge in [-0.15, -0.1) is 0 Å². The predicted molar refractivity (Wildman–Crippen MR) is 83.1 cm³/mol. The highest BCUT2D eigenvalue weighted by Crippen LogP contribution is 2.19. The molecule has 0 radical (unpaired) electrons. The number of aromatic nitrogens is 2. The third kappa shape index (κ3) is 2.53. The Balaban J connectivity index is 1.97. The lowest BCUT2D eigenvalue weighted by Crippen LogP contribution is -2.16. The van der Waals surface area contributed by atoms with E-state index in [-0.39, 0.29) is 5.91 Å². The molecule has 0 aliphatic carbocycles. The second-order valence-corrected chi connectivity index (χ2v) is 4.77. The molecule has 0 bridgehead atoms. The lowest BCUT2D eigenvalue weighted by Gasteiger charge is -2.09. The number of nitrogens with two attached hydrogens (primary N) is 1. The fourth-order valence-corrected chi connectivity index (χ4v) is 2.19. The third-order valence-electron chi connectivity index (χ3n) is 3.22. The number of hydrogen-bond donors (Lipinski definition) is 2. The minimum Gasteiger partial charge on any atom is -0.397 e. The molecule has 3 aromatic rings. The first-order valence-corrected chi connectivity index (χ1v) is 6.52. The van der Waals surface area contributed by atoms with Crippen molar-refractivity contribution in [1.82, 2.24) is 9.97 Å². The normalized spacial score (nSPS) is 10.5. The number of nitrogens with zero attached hydrogens (tertiary/aromatic N) is 2. The summed E-state index contributed by atoms with van der Waals surface area (Å²) < 4.78 is 0. The van der Waals surface area contributed by atoms with Crippen molar-refractivity contribution >= 4 is 28.2 Å². The first kappa shape index (κ1) is 13.1. The monoisotopic (exact) mass is 278 g/mol. The number of hydrogen-bond acceptors (Lipinski definition) is 4. The van der Waals surface area contributed by atoms with Gasteiger partial charge in [-0.1, -0.05) is 24.3 Å². The Bertz CT molecular complexity index is 824. The molecule has 0 saturated heterocycles. The van der Waals surface area contributed by atoms with E-state index in [0.29, 0.717) is 17.2 Å².